The van der Waals surface area contributed by atoms with Crippen LogP contribution in [0.15, 0.2) is 46.7 Å². The van der Waals surface area contributed by atoms with Gasteiger partial charge in [-0.1, -0.05) is 6.07 Å². The van der Waals surface area contributed by atoms with E-state index in [1.807, 2.05) is 0 Å². The van der Waals surface area contributed by atoms with E-state index in [-0.39, 0.29) is 4.90 Å². The van der Waals surface area contributed by atoms with E-state index in [4.69, 9.17) is 10.3 Å². The summed E-state index contributed by atoms with van der Waals surface area (Å²) in [6, 6.07) is 8.54. The van der Waals surface area contributed by atoms with Gasteiger partial charge in [0.25, 0.3) is 11.3 Å². The lowest BCUT2D eigenvalue weighted by Gasteiger charge is -2.11. The zero-order valence-corrected chi connectivity index (χ0v) is 15.6. The van der Waals surface area contributed by atoms with Gasteiger partial charge in [-0.25, -0.2) is 18.0 Å². The van der Waals surface area contributed by atoms with Crippen molar-refractivity contribution in [3.63, 3.8) is 0 Å². The average Bonchev–Trinajstić information content (AvgIpc) is 3.01. The van der Waals surface area contributed by atoms with Crippen molar-refractivity contribution in [1.29, 1.82) is 0 Å². The molecule has 5 nitrogen and oxygen atoms in total. The first kappa shape index (κ1) is 18.8. The van der Waals surface area contributed by atoms with Crippen LogP contribution in [0.5, 0.6) is 0 Å². The Balaban J connectivity index is 1.89. The molecule has 1 aromatic heterocycles. The monoisotopic (exact) mass is 413 g/mol. The molecule has 0 radical (unpaired) electrons. The quantitative estimate of drug-likeness (QED) is 0.409. The zero-order valence-electron chi connectivity index (χ0n) is 13.1. The summed E-state index contributed by atoms with van der Waals surface area (Å²) in [6.07, 6.45) is 0. The highest BCUT2D eigenvalue weighted by Gasteiger charge is 2.11. The Bertz CT molecular complexity index is 966. The summed E-state index contributed by atoms with van der Waals surface area (Å²) in [7, 11) is 0. The third-order valence-corrected chi connectivity index (χ3v) is 5.56. The van der Waals surface area contributed by atoms with Crippen LogP contribution in [-0.2, 0) is 17.0 Å². The van der Waals surface area contributed by atoms with Gasteiger partial charge >= 0.3 is 0 Å². The van der Waals surface area contributed by atoms with Crippen molar-refractivity contribution >= 4 is 45.2 Å². The van der Waals surface area contributed by atoms with Crippen molar-refractivity contribution in [3.8, 4) is 11.3 Å². The molecule has 2 aromatic carbocycles. The second-order valence-corrected chi connectivity index (χ2v) is 7.77. The summed E-state index contributed by atoms with van der Waals surface area (Å²) in [6.45, 7) is 0. The molecule has 3 rings (SSSR count). The number of halogens is 2. The lowest BCUT2D eigenvalue weighted by Crippen LogP contribution is -2.04. The summed E-state index contributed by atoms with van der Waals surface area (Å²) in [5.74, 6) is -0.998. The summed E-state index contributed by atoms with van der Waals surface area (Å²) in [4.78, 5) is 4.50. The molecule has 1 heterocycles. The minimum atomic E-state index is -2.25. The van der Waals surface area contributed by atoms with Gasteiger partial charge in [0, 0.05) is 27.7 Å². The van der Waals surface area contributed by atoms with Crippen molar-refractivity contribution in [2.24, 2.45) is 0 Å². The van der Waals surface area contributed by atoms with E-state index in [1.54, 1.807) is 23.6 Å². The zero-order chi connectivity index (χ0) is 18.7. The maximum atomic E-state index is 13.8. The van der Waals surface area contributed by atoms with Crippen LogP contribution in [-0.4, -0.2) is 13.7 Å². The van der Waals surface area contributed by atoms with Gasteiger partial charge in [-0.2, -0.15) is 0 Å². The molecule has 10 heteroatoms. The minimum absolute atomic E-state index is 0.283. The number of rotatable bonds is 6. The number of nitrogens with one attached hydrogen (secondary N) is 1. The van der Waals surface area contributed by atoms with Crippen LogP contribution in [0.4, 0.5) is 19.6 Å². The summed E-state index contributed by atoms with van der Waals surface area (Å²) in [5, 5.41) is 2.24. The van der Waals surface area contributed by atoms with Crippen LogP contribution < -0.4 is 10.5 Å². The van der Waals surface area contributed by atoms with Crippen molar-refractivity contribution in [2.75, 3.05) is 10.5 Å². The number of hydrogen-bond acceptors (Lipinski definition) is 5. The molecule has 0 saturated heterocycles. The molecular weight excluding hydrogens is 400 g/mol. The topological polar surface area (TPSA) is 88.2 Å². The number of nitrogens with zero attached hydrogens (tertiary/aromatic N) is 1. The number of anilines is 2. The number of hydrogen-bond donors (Lipinski definition) is 3. The second kappa shape index (κ2) is 8.12. The molecule has 26 heavy (non-hydrogen) atoms. The molecule has 3 aromatic rings. The smallest absolute Gasteiger partial charge is 0.259 e. The van der Waals surface area contributed by atoms with Crippen molar-refractivity contribution in [1.82, 2.24) is 4.98 Å². The molecule has 0 amide bonds. The van der Waals surface area contributed by atoms with Crippen molar-refractivity contribution < 1.29 is 17.5 Å². The highest BCUT2D eigenvalue weighted by Crippen LogP contribution is 2.32. The Morgan fingerprint density at radius 3 is 2.73 bits per heavy atom. The number of nitrogen functional groups attached to an aromatic ring is 1. The molecule has 0 spiro atoms. The van der Waals surface area contributed by atoms with E-state index in [1.165, 1.54) is 23.5 Å². The lowest BCUT2D eigenvalue weighted by atomic mass is 10.1. The van der Waals surface area contributed by atoms with E-state index >= 15 is 0 Å². The molecule has 0 fully saturated rings. The normalized spacial score (nSPS) is 12.1. The Hall–Kier alpha value is -2.01. The van der Waals surface area contributed by atoms with Gasteiger partial charge in [0.2, 0.25) is 0 Å². The largest absolute Gasteiger partial charge is 0.375 e. The summed E-state index contributed by atoms with van der Waals surface area (Å²) >= 11 is 0.214. The summed E-state index contributed by atoms with van der Waals surface area (Å²) < 4.78 is 49.5. The van der Waals surface area contributed by atoms with Gasteiger partial charge in [-0.3, -0.25) is 9.27 Å². The van der Waals surface area contributed by atoms with E-state index in [9.17, 15) is 13.0 Å². The first-order valence-electron chi connectivity index (χ1n) is 7.22. The number of thiazole rings is 1. The van der Waals surface area contributed by atoms with Crippen LogP contribution in [0.25, 0.3) is 11.3 Å². The van der Waals surface area contributed by atoms with Gasteiger partial charge < -0.3 is 5.73 Å². The van der Waals surface area contributed by atoms with Crippen molar-refractivity contribution in [3.05, 3.63) is 59.0 Å². The fraction of sp³-hybridized carbons (Fsp3) is 0.0625. The highest BCUT2D eigenvalue weighted by atomic mass is 32.2. The molecule has 1 unspecified atom stereocenters. The standard InChI is InChI=1S/C16H13F2N3O2S3/c17-11-2-4-15(12(18)6-11)24-7-10-5-9(14-8-25-16(19)20-14)1-3-13(10)21-26(22)23/h1-6,8,21H,7H2,(H2,19,20)(H,22,23). The molecule has 136 valence electrons. The van der Waals surface area contributed by atoms with E-state index in [0.717, 1.165) is 23.4 Å². The van der Waals surface area contributed by atoms with Crippen molar-refractivity contribution in [2.45, 2.75) is 10.6 Å². The maximum Gasteiger partial charge on any atom is 0.259 e. The van der Waals surface area contributed by atoms with E-state index < -0.39 is 22.9 Å². The van der Waals surface area contributed by atoms with Crippen LogP contribution in [0.2, 0.25) is 0 Å². The van der Waals surface area contributed by atoms with E-state index in [2.05, 4.69) is 9.71 Å². The Morgan fingerprint density at radius 1 is 1.27 bits per heavy atom. The van der Waals surface area contributed by atoms with Gasteiger partial charge in [-0.05, 0) is 29.8 Å². The lowest BCUT2D eigenvalue weighted by molar-refractivity contribution is 0.565. The fourth-order valence-corrected chi connectivity index (χ4v) is 4.10. The van der Waals surface area contributed by atoms with Gasteiger partial charge in [-0.15, -0.1) is 23.1 Å². The Kier molecular flexibility index (Phi) is 5.87. The molecule has 0 aliphatic heterocycles. The van der Waals surface area contributed by atoms with Crippen LogP contribution >= 0.6 is 23.1 Å². The highest BCUT2D eigenvalue weighted by molar-refractivity contribution is 7.98. The number of aromatic nitrogens is 1. The molecule has 4 N–H and O–H groups in total. The third-order valence-electron chi connectivity index (χ3n) is 3.40. The number of thioether (sulfide) groups is 1. The third kappa shape index (κ3) is 4.58. The molecule has 1 atom stereocenters. The molecule has 0 aliphatic carbocycles. The van der Waals surface area contributed by atoms with Crippen LogP contribution in [0, 0.1) is 11.6 Å². The molecular formula is C16H13F2N3O2S3. The number of benzene rings is 2. The molecule has 0 bridgehead atoms. The Morgan fingerprint density at radius 2 is 2.08 bits per heavy atom. The predicted molar refractivity (Wildman–Crippen MR) is 102 cm³/mol. The van der Waals surface area contributed by atoms with Crippen LogP contribution in [0.3, 0.4) is 0 Å². The Labute approximate surface area is 159 Å². The van der Waals surface area contributed by atoms with Gasteiger partial charge in [0.05, 0.1) is 11.4 Å². The molecule has 0 aliphatic rings. The first-order chi connectivity index (χ1) is 12.4. The van der Waals surface area contributed by atoms with Gasteiger partial charge in [0.15, 0.2) is 5.13 Å². The molecule has 0 saturated carbocycles. The predicted octanol–water partition coefficient (Wildman–Crippen LogP) is 4.51. The average molecular weight is 413 g/mol. The SMILES string of the molecule is Nc1nc(-c2ccc(NS(=O)O)c(CSc3ccc(F)cc3F)c2)cs1. The number of nitrogens with two attached hydrogens (primary N) is 1. The van der Waals surface area contributed by atoms with Crippen LogP contribution in [0.1, 0.15) is 5.56 Å². The minimum Gasteiger partial charge on any atom is -0.375 e. The van der Waals surface area contributed by atoms with E-state index in [0.29, 0.717) is 27.8 Å². The fourth-order valence-electron chi connectivity index (χ4n) is 2.23. The van der Waals surface area contributed by atoms with Gasteiger partial charge in [0.1, 0.15) is 11.6 Å². The summed E-state index contributed by atoms with van der Waals surface area (Å²) in [5.41, 5.74) is 8.23. The maximum absolute atomic E-state index is 13.8. The second-order valence-electron chi connectivity index (χ2n) is 5.16. The first-order valence-corrected chi connectivity index (χ1v) is 10.2.